The van der Waals surface area contributed by atoms with Gasteiger partial charge in [-0.05, 0) is 54.7 Å². The predicted molar refractivity (Wildman–Crippen MR) is 143 cm³/mol. The molecule has 0 aliphatic heterocycles. The van der Waals surface area contributed by atoms with Crippen LogP contribution in [-0.4, -0.2) is 25.9 Å². The van der Waals surface area contributed by atoms with Gasteiger partial charge in [-0.25, -0.2) is 16.8 Å². The van der Waals surface area contributed by atoms with Crippen LogP contribution < -0.4 is 4.74 Å². The molecule has 0 heterocycles. The van der Waals surface area contributed by atoms with Crippen molar-refractivity contribution < 1.29 is 30.7 Å². The molecule has 0 amide bonds. The Hall–Kier alpha value is -1.94. The van der Waals surface area contributed by atoms with Crippen LogP contribution in [0.4, 0.5) is 0 Å². The molecule has 208 valence electrons. The van der Waals surface area contributed by atoms with Gasteiger partial charge in [0.15, 0.2) is 0 Å². The first-order valence-corrected chi connectivity index (χ1v) is 16.2. The van der Waals surface area contributed by atoms with E-state index in [9.17, 15) is 25.9 Å². The maximum absolute atomic E-state index is 12.1. The van der Waals surface area contributed by atoms with E-state index < -0.39 is 30.0 Å². The van der Waals surface area contributed by atoms with Crippen LogP contribution in [-0.2, 0) is 20.2 Å². The number of ether oxygens (including phenoxy) is 1. The van der Waals surface area contributed by atoms with Crippen molar-refractivity contribution in [1.82, 2.24) is 0 Å². The third kappa shape index (κ3) is 11.1. The van der Waals surface area contributed by atoms with Gasteiger partial charge in [0, 0.05) is 0 Å². The van der Waals surface area contributed by atoms with E-state index in [0.717, 1.165) is 49.8 Å². The molecular weight excluding hydrogens is 512 g/mol. The van der Waals surface area contributed by atoms with E-state index >= 15 is 0 Å². The van der Waals surface area contributed by atoms with E-state index in [1.807, 2.05) is 0 Å². The van der Waals surface area contributed by atoms with Crippen molar-refractivity contribution in [3.05, 3.63) is 48.0 Å². The van der Waals surface area contributed by atoms with Crippen LogP contribution in [0.3, 0.4) is 0 Å². The van der Waals surface area contributed by atoms with Crippen molar-refractivity contribution >= 4 is 20.2 Å². The molecule has 0 fully saturated rings. The summed E-state index contributed by atoms with van der Waals surface area (Å²) in [6.45, 7) is 4.30. The highest BCUT2D eigenvalue weighted by atomic mass is 32.2. The largest absolute Gasteiger partial charge is 0.744 e. The highest BCUT2D eigenvalue weighted by molar-refractivity contribution is 7.86. The van der Waals surface area contributed by atoms with Gasteiger partial charge in [0.25, 0.3) is 0 Å². The second-order valence-corrected chi connectivity index (χ2v) is 12.4. The summed E-state index contributed by atoms with van der Waals surface area (Å²) < 4.78 is 75.6. The molecule has 2 aromatic rings. The molecule has 0 radical (unpaired) electrons. The van der Waals surface area contributed by atoms with E-state index in [0.29, 0.717) is 0 Å². The lowest BCUT2D eigenvalue weighted by Crippen LogP contribution is -2.06. The molecule has 0 aliphatic carbocycles. The van der Waals surface area contributed by atoms with Crippen LogP contribution in [0.1, 0.15) is 109 Å². The standard InChI is InChI=1S/C28H42O7S2/c1-3-5-6-7-8-9-10-11-12-13-16-23(15-4-2)24-19-20-27(28(21-24)37(32,33)34)35-25-17-14-18-26(22-25)36(29,30)31/h14,17-23H,3-13,15-16H2,1-2H3,(H,29,30,31)(H,32,33,34)/p-2. The maximum Gasteiger partial charge on any atom is 0.144 e. The van der Waals surface area contributed by atoms with Crippen molar-refractivity contribution in [2.24, 2.45) is 0 Å². The highest BCUT2D eigenvalue weighted by Crippen LogP contribution is 2.35. The highest BCUT2D eigenvalue weighted by Gasteiger charge is 2.18. The molecule has 0 aliphatic rings. The van der Waals surface area contributed by atoms with Crippen LogP contribution in [0.2, 0.25) is 0 Å². The normalized spacial score (nSPS) is 13.0. The number of hydrogen-bond acceptors (Lipinski definition) is 7. The van der Waals surface area contributed by atoms with Gasteiger partial charge in [0.1, 0.15) is 31.7 Å². The lowest BCUT2D eigenvalue weighted by Gasteiger charge is -2.21. The number of rotatable bonds is 18. The van der Waals surface area contributed by atoms with E-state index in [4.69, 9.17) is 4.74 Å². The van der Waals surface area contributed by atoms with Crippen LogP contribution in [0.5, 0.6) is 11.5 Å². The molecule has 0 bridgehead atoms. The van der Waals surface area contributed by atoms with Gasteiger partial charge in [0.2, 0.25) is 0 Å². The van der Waals surface area contributed by atoms with Gasteiger partial charge in [-0.2, -0.15) is 0 Å². The average molecular weight is 553 g/mol. The topological polar surface area (TPSA) is 124 Å². The number of benzene rings is 2. The Bertz CT molecular complexity index is 1170. The molecule has 0 saturated carbocycles. The molecule has 0 aromatic heterocycles. The van der Waals surface area contributed by atoms with E-state index in [2.05, 4.69) is 13.8 Å². The van der Waals surface area contributed by atoms with Gasteiger partial charge >= 0.3 is 0 Å². The summed E-state index contributed by atoms with van der Waals surface area (Å²) in [6.07, 6.45) is 15.1. The molecule has 0 N–H and O–H groups in total. The zero-order valence-electron chi connectivity index (χ0n) is 22.0. The van der Waals surface area contributed by atoms with Crippen molar-refractivity contribution in [1.29, 1.82) is 0 Å². The Morgan fingerprint density at radius 1 is 0.703 bits per heavy atom. The second kappa shape index (κ2) is 15.5. The monoisotopic (exact) mass is 552 g/mol. The molecule has 0 spiro atoms. The van der Waals surface area contributed by atoms with Gasteiger partial charge < -0.3 is 13.8 Å². The fraction of sp³-hybridized carbons (Fsp3) is 0.571. The quantitative estimate of drug-likeness (QED) is 0.139. The summed E-state index contributed by atoms with van der Waals surface area (Å²) in [4.78, 5) is -1.00. The molecular formula is C28H40O7S2-2. The van der Waals surface area contributed by atoms with Crippen LogP contribution >= 0.6 is 0 Å². The summed E-state index contributed by atoms with van der Waals surface area (Å²) >= 11 is 0. The summed E-state index contributed by atoms with van der Waals surface area (Å²) in [5, 5.41) is 0. The Balaban J connectivity index is 2.06. The Kier molecular flexibility index (Phi) is 13.1. The van der Waals surface area contributed by atoms with Crippen molar-refractivity contribution in [3.8, 4) is 11.5 Å². The summed E-state index contributed by atoms with van der Waals surface area (Å²) in [7, 11) is -9.57. The lowest BCUT2D eigenvalue weighted by molar-refractivity contribution is 0.436. The Morgan fingerprint density at radius 2 is 1.32 bits per heavy atom. The molecule has 2 aromatic carbocycles. The predicted octanol–water partition coefficient (Wildman–Crippen LogP) is 7.48. The third-order valence-corrected chi connectivity index (χ3v) is 8.26. The van der Waals surface area contributed by atoms with Crippen molar-refractivity contribution in [2.45, 2.75) is 113 Å². The second-order valence-electron chi connectivity index (χ2n) is 9.65. The summed E-state index contributed by atoms with van der Waals surface area (Å²) in [5.41, 5.74) is 0.774. The first-order valence-electron chi connectivity index (χ1n) is 13.4. The molecule has 1 atom stereocenters. The average Bonchev–Trinajstić information content (AvgIpc) is 2.84. The lowest BCUT2D eigenvalue weighted by atomic mass is 9.89. The minimum Gasteiger partial charge on any atom is -0.744 e. The summed E-state index contributed by atoms with van der Waals surface area (Å²) in [6, 6.07) is 9.38. The van der Waals surface area contributed by atoms with Gasteiger partial charge in [0.05, 0.1) is 9.79 Å². The summed E-state index contributed by atoms with van der Waals surface area (Å²) in [5.74, 6) is -0.124. The van der Waals surface area contributed by atoms with E-state index in [1.54, 1.807) is 6.07 Å². The SMILES string of the molecule is CCCCCCCCCCCCC(CCC)c1ccc(Oc2cccc(S(=O)(=O)[O-])c2)c(S(=O)(=O)[O-])c1. The first-order chi connectivity index (χ1) is 17.6. The minimum atomic E-state index is -4.86. The van der Waals surface area contributed by atoms with Crippen LogP contribution in [0.15, 0.2) is 52.3 Å². The smallest absolute Gasteiger partial charge is 0.144 e. The van der Waals surface area contributed by atoms with Crippen molar-refractivity contribution in [3.63, 3.8) is 0 Å². The van der Waals surface area contributed by atoms with E-state index in [-0.39, 0.29) is 17.4 Å². The van der Waals surface area contributed by atoms with E-state index in [1.165, 1.54) is 75.6 Å². The zero-order chi connectivity index (χ0) is 27.3. The minimum absolute atomic E-state index is 0.0509. The van der Waals surface area contributed by atoms with Gasteiger partial charge in [-0.1, -0.05) is 96.6 Å². The third-order valence-electron chi connectivity index (χ3n) is 6.57. The zero-order valence-corrected chi connectivity index (χ0v) is 23.6. The molecule has 0 saturated heterocycles. The van der Waals surface area contributed by atoms with Crippen molar-refractivity contribution in [2.75, 3.05) is 0 Å². The fourth-order valence-electron chi connectivity index (χ4n) is 4.58. The Morgan fingerprint density at radius 3 is 1.89 bits per heavy atom. The Labute approximate surface area is 223 Å². The molecule has 2 rings (SSSR count). The molecule has 1 unspecified atom stereocenters. The van der Waals surface area contributed by atoms with Gasteiger partial charge in [-0.3, -0.25) is 0 Å². The van der Waals surface area contributed by atoms with Crippen LogP contribution in [0.25, 0.3) is 0 Å². The van der Waals surface area contributed by atoms with Crippen LogP contribution in [0, 0.1) is 0 Å². The maximum atomic E-state index is 12.1. The molecule has 7 nitrogen and oxygen atoms in total. The van der Waals surface area contributed by atoms with Gasteiger partial charge in [-0.15, -0.1) is 0 Å². The molecule has 37 heavy (non-hydrogen) atoms. The number of unbranched alkanes of at least 4 members (excludes halogenated alkanes) is 9. The number of hydrogen-bond donors (Lipinski definition) is 0. The fourth-order valence-corrected chi connectivity index (χ4v) is 5.73. The first kappa shape index (κ1) is 31.3. The molecule has 9 heteroatoms.